The van der Waals surface area contributed by atoms with E-state index in [0.717, 1.165) is 62.7 Å². The van der Waals surface area contributed by atoms with Crippen molar-refractivity contribution in [1.29, 1.82) is 0 Å². The first kappa shape index (κ1) is 80.2. The number of fused-ring (bicyclic) bond motifs is 4. The molecule has 0 aliphatic carbocycles. The zero-order valence-electron chi connectivity index (χ0n) is 58.3. The highest BCUT2D eigenvalue weighted by molar-refractivity contribution is 8.54. The van der Waals surface area contributed by atoms with Gasteiger partial charge in [0.05, 0.1) is 38.2 Å². The van der Waals surface area contributed by atoms with Crippen molar-refractivity contribution in [1.82, 2.24) is 44.4 Å². The van der Waals surface area contributed by atoms with Crippen LogP contribution in [0.15, 0.2) is 54.4 Å². The molecule has 1 aromatic carbocycles. The minimum atomic E-state index is -4.40. The minimum Gasteiger partial charge on any atom is -0.462 e. The van der Waals surface area contributed by atoms with Gasteiger partial charge < -0.3 is 45.4 Å². The van der Waals surface area contributed by atoms with Crippen molar-refractivity contribution in [2.24, 2.45) is 17.6 Å². The normalized spacial score (nSPS) is 23.5. The smallest absolute Gasteiger partial charge is 0.389 e. The number of esters is 1. The zero-order chi connectivity index (χ0) is 71.6. The predicted molar refractivity (Wildman–Crippen MR) is 382 cm³/mol. The number of nitrogens with one attached hydrogen (secondary N) is 2. The molecule has 3 aliphatic rings. The van der Waals surface area contributed by atoms with Gasteiger partial charge in [-0.05, 0) is 72.3 Å². The number of anilines is 1. The third-order valence-electron chi connectivity index (χ3n) is 18.7. The van der Waals surface area contributed by atoms with Gasteiger partial charge in [-0.1, -0.05) is 174 Å². The fraction of sp³-hybridized carbons (Fsp3) is 0.696. The molecule has 7 heterocycles. The van der Waals surface area contributed by atoms with Crippen LogP contribution in [0.1, 0.15) is 237 Å². The number of carbonyl (C=O) groups excluding carboxylic acids is 5. The number of aromatic nitrogens is 8. The molecule has 0 bridgehead atoms. The average molecular weight is 1470 g/mol. The van der Waals surface area contributed by atoms with Gasteiger partial charge in [-0.2, -0.15) is 0 Å². The van der Waals surface area contributed by atoms with E-state index in [2.05, 4.69) is 49.1 Å². The maximum atomic E-state index is 16.9. The summed E-state index contributed by atoms with van der Waals surface area (Å²) in [5.74, 6) is -2.78. The topological polar surface area (TPSA) is 358 Å². The highest BCUT2D eigenvalue weighted by atomic mass is 32.7. The summed E-state index contributed by atoms with van der Waals surface area (Å²) in [6, 6.07) is 5.96. The van der Waals surface area contributed by atoms with Crippen LogP contribution in [0.3, 0.4) is 0 Å². The van der Waals surface area contributed by atoms with Gasteiger partial charge in [0.15, 0.2) is 40.8 Å². The lowest BCUT2D eigenvalue weighted by Crippen LogP contribution is -2.46. The molecule has 31 heteroatoms. The Morgan fingerprint density at radius 2 is 1.34 bits per heavy atom. The van der Waals surface area contributed by atoms with Crippen molar-refractivity contribution < 1.29 is 70.1 Å². The number of alkyl halides is 1. The zero-order valence-corrected chi connectivity index (χ0v) is 61.8. The number of primary amides is 1. The van der Waals surface area contributed by atoms with Gasteiger partial charge in [0.25, 0.3) is 5.56 Å². The average Bonchev–Trinajstić information content (AvgIpc) is 1.62. The third kappa shape index (κ3) is 24.6. The standard InChI is InChI=1S/C69H104FN11O15P2S2/c1-5-7-9-11-13-15-16-18-20-22-24-30-59(85)92-50(27-23-21-19-17-14-12-10-8-6-2)36-49(82)37-51(46(3)4)67(86)79-52(28-25-26-29-57(71)84)53(83)35-47-31-33-48(34-32-47)41-100-98(89)91-40-56-63(60(70)69(94-56)81-45-77-61-64(72)73-42-74-65(61)81)96-97(88,99)90-39-55-54(95-98)38-58(93-55)80-44-78-62-66(80)75-43-76-68(62)87/h31-34,42-46,50-52,54-56,58,60,63,69H,5-30,35-41H2,1-4H3,(H2,71,84)(H,79,86)(H,88,99)(H2,72,73,74)(H,75,76,87)/t50?,51-,52-,54-,55+,56+,58+,60+,63+,69+,97?,98?/m0/s1. The molecule has 100 heavy (non-hydrogen) atoms. The van der Waals surface area contributed by atoms with Crippen LogP contribution in [0.2, 0.25) is 0 Å². The second-order valence-electron chi connectivity index (χ2n) is 27.1. The number of benzene rings is 1. The molecule has 3 fully saturated rings. The number of H-pyrrole nitrogens is 1. The Balaban J connectivity index is 0.916. The summed E-state index contributed by atoms with van der Waals surface area (Å²) < 4.78 is 78.1. The van der Waals surface area contributed by atoms with Gasteiger partial charge in [0, 0.05) is 50.2 Å². The fourth-order valence-electron chi connectivity index (χ4n) is 13.0. The number of hydrogen-bond donors (Lipinski definition) is 5. The number of rotatable bonds is 43. The number of ether oxygens (including phenoxy) is 3. The van der Waals surface area contributed by atoms with E-state index in [-0.39, 0.29) is 95.9 Å². The number of imidazole rings is 2. The lowest BCUT2D eigenvalue weighted by atomic mass is 9.87. The highest BCUT2D eigenvalue weighted by Crippen LogP contribution is 2.65. The maximum Gasteiger partial charge on any atom is 0.389 e. The minimum absolute atomic E-state index is 0.00693. The number of ketones is 2. The number of aromatic amines is 1. The van der Waals surface area contributed by atoms with Crippen LogP contribution < -0.4 is 22.3 Å². The van der Waals surface area contributed by atoms with Gasteiger partial charge in [0.2, 0.25) is 11.8 Å². The van der Waals surface area contributed by atoms with Crippen molar-refractivity contribution in [3.05, 3.63) is 71.1 Å². The Hall–Kier alpha value is -5.45. The van der Waals surface area contributed by atoms with Crippen LogP contribution in [0.4, 0.5) is 10.2 Å². The van der Waals surface area contributed by atoms with Crippen LogP contribution in [0.5, 0.6) is 0 Å². The van der Waals surface area contributed by atoms with Gasteiger partial charge in [-0.3, -0.25) is 51.5 Å². The first-order valence-electron chi connectivity index (χ1n) is 36.1. The molecule has 3 aliphatic heterocycles. The van der Waals surface area contributed by atoms with E-state index in [1.165, 1.54) is 111 Å². The van der Waals surface area contributed by atoms with Crippen LogP contribution >= 0.6 is 24.9 Å². The highest BCUT2D eigenvalue weighted by Gasteiger charge is 2.52. The summed E-state index contributed by atoms with van der Waals surface area (Å²) in [4.78, 5) is 116. The number of nitrogens with zero attached hydrogens (tertiary/aromatic N) is 7. The number of carbonyl (C=O) groups is 5. The third-order valence-corrected chi connectivity index (χ3v) is 24.0. The predicted octanol–water partition coefficient (Wildman–Crippen LogP) is 12.9. The molecule has 5 aromatic rings. The number of amides is 2. The summed E-state index contributed by atoms with van der Waals surface area (Å²) in [7, 11) is 0. The Morgan fingerprint density at radius 1 is 0.740 bits per heavy atom. The summed E-state index contributed by atoms with van der Waals surface area (Å²) in [5.41, 5.74) is 12.8. The maximum absolute atomic E-state index is 16.9. The number of hydrogen-bond acceptors (Lipinski definition) is 22. The van der Waals surface area contributed by atoms with E-state index in [0.29, 0.717) is 36.8 Å². The molecular formula is C69H104FN11O15P2S2. The number of unbranched alkanes of at least 4 members (excludes halogenated alkanes) is 19. The molecule has 3 unspecified atom stereocenters. The number of halogens is 1. The van der Waals surface area contributed by atoms with Crippen molar-refractivity contribution in [2.75, 3.05) is 18.9 Å². The second kappa shape index (κ2) is 40.6. The van der Waals surface area contributed by atoms with E-state index < -0.39 is 105 Å². The lowest BCUT2D eigenvalue weighted by molar-refractivity contribution is -0.151. The first-order valence-corrected chi connectivity index (χ1v) is 41.8. The van der Waals surface area contributed by atoms with Crippen LogP contribution in [-0.4, -0.2) is 129 Å². The Labute approximate surface area is 594 Å². The summed E-state index contributed by atoms with van der Waals surface area (Å²) >= 11 is 6.24. The molecule has 2 amide bonds. The van der Waals surface area contributed by atoms with Crippen molar-refractivity contribution in [2.45, 2.75) is 281 Å². The van der Waals surface area contributed by atoms with Crippen LogP contribution in [0.25, 0.3) is 22.3 Å². The molecule has 26 nitrogen and oxygen atoms in total. The van der Waals surface area contributed by atoms with Crippen LogP contribution in [-0.2, 0) is 84.8 Å². The Morgan fingerprint density at radius 3 is 2.01 bits per heavy atom. The van der Waals surface area contributed by atoms with Gasteiger partial charge in [-0.25, -0.2) is 33.9 Å². The van der Waals surface area contributed by atoms with Crippen molar-refractivity contribution in [3.8, 4) is 0 Å². The molecule has 0 saturated carbocycles. The quantitative estimate of drug-likeness (QED) is 0.0137. The molecule has 3 saturated heterocycles. The number of nitrogens with two attached hydrogens (primary N) is 2. The van der Waals surface area contributed by atoms with E-state index >= 15 is 8.96 Å². The van der Waals surface area contributed by atoms with E-state index in [4.69, 9.17) is 55.6 Å². The summed E-state index contributed by atoms with van der Waals surface area (Å²) in [6.07, 6.45) is 19.3. The lowest BCUT2D eigenvalue weighted by Gasteiger charge is -2.30. The number of nitrogen functional groups attached to an aromatic ring is 1. The molecule has 12 atom stereocenters. The molecule has 554 valence electrons. The summed E-state index contributed by atoms with van der Waals surface area (Å²) in [5, 5.41) is 2.98. The molecule has 4 aromatic heterocycles. The van der Waals surface area contributed by atoms with Gasteiger partial charge in [0.1, 0.15) is 54.4 Å². The monoisotopic (exact) mass is 1470 g/mol. The number of Topliss-reactive ketones (excluding diaryl/α,β-unsaturated/α-hetero) is 2. The molecular weight excluding hydrogens is 1370 g/mol. The second-order valence-corrected chi connectivity index (χ2v) is 33.9. The summed E-state index contributed by atoms with van der Waals surface area (Å²) in [6.45, 7) is -1.67. The van der Waals surface area contributed by atoms with Crippen molar-refractivity contribution in [3.63, 3.8) is 0 Å². The van der Waals surface area contributed by atoms with Crippen LogP contribution in [0, 0.1) is 11.8 Å². The fourth-order valence-corrected chi connectivity index (χ4v) is 17.8. The van der Waals surface area contributed by atoms with Gasteiger partial charge >= 0.3 is 19.5 Å². The SMILES string of the molecule is CCCCCCCCCCCCCC(=O)OC(CCCCCCCCCCC)CC(=O)C[C@H](C(=O)N[C@@H](CCCCC(N)=O)C(=O)Cc1ccc(CSP2(=O)OC[C@H]3O[C@@H](n4cnc5c(N)ncnc54)[C@H](F)[C@@H]3OP(O)(=S)OC[C@H]3O[C@@H](n4cnc5c(=O)[nH]cnc54)C[C@@H]3O2)cc1)C(C)C. The largest absolute Gasteiger partial charge is 0.462 e. The Bertz CT molecular complexity index is 3590. The first-order chi connectivity index (χ1) is 48.1. The Kier molecular flexibility index (Phi) is 32.5. The van der Waals surface area contributed by atoms with Gasteiger partial charge in [-0.15, -0.1) is 0 Å². The van der Waals surface area contributed by atoms with E-state index in [1.807, 2.05) is 13.8 Å². The van der Waals surface area contributed by atoms with Crippen molar-refractivity contribution >= 4 is 94.2 Å². The molecule has 0 radical (unpaired) electrons. The van der Waals surface area contributed by atoms with E-state index in [9.17, 15) is 33.7 Å². The molecule has 8 rings (SSSR count). The molecule has 7 N–H and O–H groups in total. The van der Waals surface area contributed by atoms with E-state index in [1.54, 1.807) is 24.3 Å². The molecule has 0 spiro atoms.